The molecule has 0 aromatic carbocycles. The molecule has 0 saturated carbocycles. The minimum atomic E-state index is -0.232. The number of aromatic nitrogens is 1. The third kappa shape index (κ3) is 1.27. The summed E-state index contributed by atoms with van der Waals surface area (Å²) in [6.07, 6.45) is 0. The quantitative estimate of drug-likeness (QED) is 0.777. The van der Waals surface area contributed by atoms with Crippen LogP contribution < -0.4 is 5.56 Å². The maximum Gasteiger partial charge on any atom is 0.294 e. The normalized spacial score (nSPS) is 10.0. The van der Waals surface area contributed by atoms with E-state index in [1.165, 1.54) is 0 Å². The Bertz CT molecular complexity index is 251. The van der Waals surface area contributed by atoms with Crippen molar-refractivity contribution in [1.29, 1.82) is 0 Å². The van der Waals surface area contributed by atoms with Crippen LogP contribution in [0.25, 0.3) is 0 Å². The molecule has 1 aromatic rings. The van der Waals surface area contributed by atoms with Crippen molar-refractivity contribution in [2.24, 2.45) is 0 Å². The van der Waals surface area contributed by atoms with Gasteiger partial charge in [-0.1, -0.05) is 15.9 Å². The molecule has 0 aliphatic heterocycles. The lowest BCUT2D eigenvalue weighted by molar-refractivity contribution is 0.390. The summed E-state index contributed by atoms with van der Waals surface area (Å²) in [5.41, 5.74) is -0.232. The Morgan fingerprint density at radius 1 is 1.67 bits per heavy atom. The first-order chi connectivity index (χ1) is 4.25. The van der Waals surface area contributed by atoms with Crippen molar-refractivity contribution < 1.29 is 4.52 Å². The van der Waals surface area contributed by atoms with Crippen molar-refractivity contribution in [2.45, 2.75) is 5.33 Å². The van der Waals surface area contributed by atoms with Gasteiger partial charge < -0.3 is 4.52 Å². The van der Waals surface area contributed by atoms with Crippen molar-refractivity contribution in [3.63, 3.8) is 0 Å². The van der Waals surface area contributed by atoms with Gasteiger partial charge >= 0.3 is 0 Å². The Balaban J connectivity index is 3.20. The first-order valence-electron chi connectivity index (χ1n) is 2.17. The molecule has 0 radical (unpaired) electrons. The Morgan fingerprint density at radius 2 is 2.33 bits per heavy atom. The summed E-state index contributed by atoms with van der Waals surface area (Å²) in [7, 11) is 0. The summed E-state index contributed by atoms with van der Waals surface area (Å²) in [4.78, 5) is 10.6. The average molecular weight is 257 g/mol. The Morgan fingerprint density at radius 3 is 2.56 bits per heavy atom. The lowest BCUT2D eigenvalue weighted by Gasteiger charge is -1.80. The Kier molecular flexibility index (Phi) is 2.13. The van der Waals surface area contributed by atoms with Crippen LogP contribution >= 0.6 is 31.9 Å². The van der Waals surface area contributed by atoms with Crippen molar-refractivity contribution in [3.8, 4) is 0 Å². The molecular weight excluding hydrogens is 254 g/mol. The summed E-state index contributed by atoms with van der Waals surface area (Å²) in [5, 5.41) is 2.71. The molecule has 1 N–H and O–H groups in total. The molecule has 0 bridgehead atoms. The van der Waals surface area contributed by atoms with E-state index in [9.17, 15) is 4.79 Å². The zero-order valence-electron chi connectivity index (χ0n) is 4.28. The van der Waals surface area contributed by atoms with E-state index in [2.05, 4.69) is 37.0 Å². The summed E-state index contributed by atoms with van der Waals surface area (Å²) in [5.74, 6) is 0.583. The second-order valence-corrected chi connectivity index (χ2v) is 2.76. The number of hydrogen-bond donors (Lipinski definition) is 1. The highest BCUT2D eigenvalue weighted by Gasteiger charge is 2.05. The highest BCUT2D eigenvalue weighted by atomic mass is 79.9. The van der Waals surface area contributed by atoms with Crippen LogP contribution in [-0.4, -0.2) is 5.16 Å². The fraction of sp³-hybridized carbons (Fsp3) is 0.250. The minimum Gasteiger partial charge on any atom is -0.381 e. The predicted molar refractivity (Wildman–Crippen MR) is 39.7 cm³/mol. The summed E-state index contributed by atoms with van der Waals surface area (Å²) < 4.78 is 5.17. The van der Waals surface area contributed by atoms with Gasteiger partial charge in [-0.15, -0.1) is 0 Å². The standard InChI is InChI=1S/C4H3Br2NO2/c5-1-2-3(6)4(8)7-9-2/h1H2,(H,7,8). The summed E-state index contributed by atoms with van der Waals surface area (Å²) in [6.45, 7) is 0. The van der Waals surface area contributed by atoms with Crippen molar-refractivity contribution in [2.75, 3.05) is 0 Å². The average Bonchev–Trinajstić information content (AvgIpc) is 2.15. The molecule has 0 saturated heterocycles. The minimum absolute atomic E-state index is 0.232. The molecule has 3 nitrogen and oxygen atoms in total. The number of H-pyrrole nitrogens is 1. The van der Waals surface area contributed by atoms with E-state index in [1.54, 1.807) is 0 Å². The van der Waals surface area contributed by atoms with Crippen LogP contribution in [0.4, 0.5) is 0 Å². The highest BCUT2D eigenvalue weighted by Crippen LogP contribution is 2.13. The van der Waals surface area contributed by atoms with Crippen LogP contribution in [0.1, 0.15) is 5.76 Å². The van der Waals surface area contributed by atoms with Crippen LogP contribution in [0, 0.1) is 0 Å². The van der Waals surface area contributed by atoms with E-state index in [0.29, 0.717) is 15.6 Å². The molecule has 1 heterocycles. The summed E-state index contributed by atoms with van der Waals surface area (Å²) >= 11 is 6.18. The molecule has 0 aliphatic rings. The fourth-order valence-corrected chi connectivity index (χ4v) is 1.48. The van der Waals surface area contributed by atoms with E-state index in [1.807, 2.05) is 0 Å². The van der Waals surface area contributed by atoms with E-state index >= 15 is 0 Å². The number of rotatable bonds is 1. The second kappa shape index (κ2) is 2.70. The first-order valence-corrected chi connectivity index (χ1v) is 4.09. The van der Waals surface area contributed by atoms with Gasteiger partial charge in [-0.2, -0.15) is 5.16 Å². The molecule has 1 rings (SSSR count). The first kappa shape index (κ1) is 7.08. The maximum absolute atomic E-state index is 10.6. The molecular formula is C4H3Br2NO2. The van der Waals surface area contributed by atoms with E-state index < -0.39 is 0 Å². The van der Waals surface area contributed by atoms with E-state index in [-0.39, 0.29) is 5.56 Å². The van der Waals surface area contributed by atoms with Gasteiger partial charge in [0.25, 0.3) is 5.56 Å². The number of hydrogen-bond acceptors (Lipinski definition) is 2. The largest absolute Gasteiger partial charge is 0.381 e. The van der Waals surface area contributed by atoms with Gasteiger partial charge in [0.1, 0.15) is 4.47 Å². The number of nitrogens with one attached hydrogen (secondary N) is 1. The molecule has 5 heteroatoms. The third-order valence-electron chi connectivity index (χ3n) is 0.832. The van der Waals surface area contributed by atoms with Gasteiger partial charge in [0.05, 0.1) is 5.33 Å². The summed E-state index contributed by atoms with van der Waals surface area (Å²) in [6, 6.07) is 0. The molecule has 0 amide bonds. The molecule has 0 unspecified atom stereocenters. The lowest BCUT2D eigenvalue weighted by Crippen LogP contribution is -1.97. The third-order valence-corrected chi connectivity index (χ3v) is 2.14. The van der Waals surface area contributed by atoms with Crippen LogP contribution in [0.15, 0.2) is 13.8 Å². The van der Waals surface area contributed by atoms with Crippen LogP contribution in [0.2, 0.25) is 0 Å². The van der Waals surface area contributed by atoms with Gasteiger partial charge in [0, 0.05) is 0 Å². The van der Waals surface area contributed by atoms with E-state index in [4.69, 9.17) is 4.52 Å². The Hall–Kier alpha value is -0.0300. The number of halogens is 2. The van der Waals surface area contributed by atoms with Crippen molar-refractivity contribution in [3.05, 3.63) is 20.6 Å². The van der Waals surface area contributed by atoms with Gasteiger partial charge in [-0.05, 0) is 15.9 Å². The smallest absolute Gasteiger partial charge is 0.294 e. The van der Waals surface area contributed by atoms with Gasteiger partial charge in [0.15, 0.2) is 5.76 Å². The lowest BCUT2D eigenvalue weighted by atomic mass is 10.5. The predicted octanol–water partition coefficient (Wildman–Crippen LogP) is 1.63. The molecule has 0 spiro atoms. The maximum atomic E-state index is 10.6. The molecule has 0 fully saturated rings. The van der Waals surface area contributed by atoms with Crippen LogP contribution in [0.3, 0.4) is 0 Å². The van der Waals surface area contributed by atoms with Crippen molar-refractivity contribution >= 4 is 31.9 Å². The van der Waals surface area contributed by atoms with Crippen LogP contribution in [0.5, 0.6) is 0 Å². The molecule has 0 atom stereocenters. The molecule has 9 heavy (non-hydrogen) atoms. The van der Waals surface area contributed by atoms with Gasteiger partial charge in [0.2, 0.25) is 0 Å². The monoisotopic (exact) mass is 255 g/mol. The van der Waals surface area contributed by atoms with E-state index in [0.717, 1.165) is 0 Å². The molecule has 1 aromatic heterocycles. The molecule has 50 valence electrons. The topological polar surface area (TPSA) is 46.0 Å². The SMILES string of the molecule is O=c1[nH]oc(CBr)c1Br. The molecule has 0 aliphatic carbocycles. The van der Waals surface area contributed by atoms with Gasteiger partial charge in [-0.3, -0.25) is 4.79 Å². The zero-order chi connectivity index (χ0) is 6.85. The highest BCUT2D eigenvalue weighted by molar-refractivity contribution is 9.10. The number of alkyl halides is 1. The Labute approximate surface area is 67.7 Å². The zero-order valence-corrected chi connectivity index (χ0v) is 7.45. The second-order valence-electron chi connectivity index (χ2n) is 1.40. The fourth-order valence-electron chi connectivity index (χ4n) is 0.410. The van der Waals surface area contributed by atoms with Crippen molar-refractivity contribution in [1.82, 2.24) is 5.16 Å². The number of aromatic amines is 1. The van der Waals surface area contributed by atoms with Gasteiger partial charge in [-0.25, -0.2) is 0 Å². The van der Waals surface area contributed by atoms with Crippen LogP contribution in [-0.2, 0) is 5.33 Å².